The largest absolute Gasteiger partial charge is 0.520 e. The highest BCUT2D eigenvalue weighted by Crippen LogP contribution is 2.36. The Hall–Kier alpha value is -2.60. The minimum absolute atomic E-state index is 0.0300. The summed E-state index contributed by atoms with van der Waals surface area (Å²) < 4.78 is 29.7. The van der Waals surface area contributed by atoms with E-state index in [-0.39, 0.29) is 11.0 Å². The Balaban J connectivity index is 1.11. The van der Waals surface area contributed by atoms with Gasteiger partial charge in [0.15, 0.2) is 0 Å². The predicted molar refractivity (Wildman–Crippen MR) is 203 cm³/mol. The number of rotatable bonds is 26. The first-order valence-electron chi connectivity index (χ1n) is 18.1. The van der Waals surface area contributed by atoms with Crippen molar-refractivity contribution in [2.24, 2.45) is 0 Å². The average Bonchev–Trinajstić information content (AvgIpc) is 3.10. The van der Waals surface area contributed by atoms with Crippen LogP contribution in [0.25, 0.3) is 0 Å². The van der Waals surface area contributed by atoms with Gasteiger partial charge in [0, 0.05) is 13.0 Å². The maximum Gasteiger partial charge on any atom is 0.292 e. The molecule has 0 aromatic heterocycles. The minimum Gasteiger partial charge on any atom is -0.520 e. The van der Waals surface area contributed by atoms with Gasteiger partial charge < -0.3 is 23.1 Å². The lowest BCUT2D eigenvalue weighted by molar-refractivity contribution is -0.134. The van der Waals surface area contributed by atoms with E-state index in [1.165, 1.54) is 54.1 Å². The monoisotopic (exact) mass is 692 g/mol. The van der Waals surface area contributed by atoms with Gasteiger partial charge in [-0.2, -0.15) is 0 Å². The summed E-state index contributed by atoms with van der Waals surface area (Å²) in [5.74, 6) is -0.0300. The molecule has 3 rings (SSSR count). The normalized spacial score (nSPS) is 12.1. The summed E-state index contributed by atoms with van der Waals surface area (Å²) in [6.07, 6.45) is 11.2. The van der Waals surface area contributed by atoms with Gasteiger partial charge in [-0.15, -0.1) is 0 Å². The third kappa shape index (κ3) is 14.9. The summed E-state index contributed by atoms with van der Waals surface area (Å²) in [6, 6.07) is 31.5. The highest BCUT2D eigenvalue weighted by Gasteiger charge is 2.50. The van der Waals surface area contributed by atoms with Crippen molar-refractivity contribution >= 4 is 39.6 Å². The molecule has 0 amide bonds. The molecule has 48 heavy (non-hydrogen) atoms. The first-order valence-corrected chi connectivity index (χ1v) is 21.3. The minimum atomic E-state index is -2.52. The predicted octanol–water partition coefficient (Wildman–Crippen LogP) is 6.47. The van der Waals surface area contributed by atoms with Crippen molar-refractivity contribution in [3.63, 3.8) is 0 Å². The summed E-state index contributed by atoms with van der Waals surface area (Å²) in [6.45, 7) is 11.1. The molecule has 264 valence electrons. The molecule has 0 fully saturated rings. The Morgan fingerprint density at radius 1 is 0.542 bits per heavy atom. The van der Waals surface area contributed by atoms with Crippen LogP contribution in [-0.4, -0.2) is 70.3 Å². The zero-order chi connectivity index (χ0) is 34.2. The topological polar surface area (TPSA) is 63.2 Å². The van der Waals surface area contributed by atoms with Crippen molar-refractivity contribution in [3.05, 3.63) is 91.0 Å². The van der Waals surface area contributed by atoms with E-state index < -0.39 is 18.1 Å². The van der Waals surface area contributed by atoms with Crippen molar-refractivity contribution in [1.82, 2.24) is 0 Å². The Morgan fingerprint density at radius 2 is 0.958 bits per heavy atom. The van der Waals surface area contributed by atoms with Crippen LogP contribution in [0, 0.1) is 0 Å². The van der Waals surface area contributed by atoms with Gasteiger partial charge >= 0.3 is 0 Å². The fourth-order valence-electron chi connectivity index (χ4n) is 6.08. The second kappa shape index (κ2) is 23.7. The zero-order valence-corrected chi connectivity index (χ0v) is 32.3. The summed E-state index contributed by atoms with van der Waals surface area (Å²) >= 11 is 0. The van der Waals surface area contributed by atoms with Crippen LogP contribution in [-0.2, 0) is 27.9 Å². The van der Waals surface area contributed by atoms with E-state index in [9.17, 15) is 4.79 Å². The Kier molecular flexibility index (Phi) is 19.7. The van der Waals surface area contributed by atoms with Crippen molar-refractivity contribution in [2.75, 3.05) is 46.2 Å². The first-order chi connectivity index (χ1) is 23.4. The third-order valence-corrected chi connectivity index (χ3v) is 14.9. The van der Waals surface area contributed by atoms with Gasteiger partial charge in [0.1, 0.15) is 0 Å². The molecule has 6 nitrogen and oxygen atoms in total. The second-order valence-electron chi connectivity index (χ2n) is 13.4. The maximum atomic E-state index is 11.9. The van der Waals surface area contributed by atoms with Crippen molar-refractivity contribution in [2.45, 2.75) is 90.0 Å². The summed E-state index contributed by atoms with van der Waals surface area (Å²) in [4.78, 5) is 11.9. The number of hydrogen-bond donors (Lipinski definition) is 0. The second-order valence-corrected chi connectivity index (χ2v) is 19.1. The van der Waals surface area contributed by atoms with E-state index >= 15 is 0 Å². The molecule has 3 aromatic carbocycles. The molecule has 0 N–H and O–H groups in total. The van der Waals surface area contributed by atoms with E-state index in [4.69, 9.17) is 23.1 Å². The van der Waals surface area contributed by atoms with E-state index in [2.05, 4.69) is 81.4 Å². The highest BCUT2D eigenvalue weighted by atomic mass is 28.4. The first kappa shape index (κ1) is 39.8. The summed E-state index contributed by atoms with van der Waals surface area (Å²) in [7, 11) is -3.44. The van der Waals surface area contributed by atoms with Gasteiger partial charge in [0.2, 0.25) is 0 Å². The van der Waals surface area contributed by atoms with Gasteiger partial charge in [-0.3, -0.25) is 4.79 Å². The van der Waals surface area contributed by atoms with Crippen LogP contribution in [0.4, 0.5) is 0 Å². The number of hydrogen-bond acceptors (Lipinski definition) is 6. The lowest BCUT2D eigenvalue weighted by atomic mass is 10.1. The molecule has 0 heterocycles. The molecular formula is C40H60O6Si2. The van der Waals surface area contributed by atoms with Crippen LogP contribution in [0.15, 0.2) is 91.0 Å². The summed E-state index contributed by atoms with van der Waals surface area (Å²) in [5, 5.41) is 3.71. The van der Waals surface area contributed by atoms with Gasteiger partial charge in [0.25, 0.3) is 24.0 Å². The van der Waals surface area contributed by atoms with Crippen LogP contribution in [0.1, 0.15) is 85.0 Å². The Morgan fingerprint density at radius 3 is 1.46 bits per heavy atom. The Labute approximate surface area is 294 Å². The van der Waals surface area contributed by atoms with Crippen LogP contribution in [0.5, 0.6) is 0 Å². The zero-order valence-electron chi connectivity index (χ0n) is 29.8. The Bertz CT molecular complexity index is 1180. The fraction of sp³-hybridized carbons (Fsp3) is 0.525. The SMILES string of the molecule is CC(C)(C)[Si](OCCOCCOCCOCCCCCCCCCCCC(=O)O[SiH2]c1ccccc1)(c1ccccc1)c1ccccc1. The number of benzene rings is 3. The molecule has 0 radical (unpaired) electrons. The third-order valence-electron chi connectivity index (χ3n) is 8.62. The molecule has 0 unspecified atom stereocenters. The molecule has 0 saturated heterocycles. The quantitative estimate of drug-likeness (QED) is 0.0711. The smallest absolute Gasteiger partial charge is 0.292 e. The number of carbonyl (C=O) groups is 1. The number of unbranched alkanes of at least 4 members (excludes halogenated alkanes) is 8. The van der Waals surface area contributed by atoms with Crippen LogP contribution < -0.4 is 15.6 Å². The van der Waals surface area contributed by atoms with Gasteiger partial charge in [0.05, 0.1) is 39.6 Å². The van der Waals surface area contributed by atoms with E-state index in [0.717, 1.165) is 25.9 Å². The van der Waals surface area contributed by atoms with Crippen LogP contribution >= 0.6 is 0 Å². The average molecular weight is 693 g/mol. The van der Waals surface area contributed by atoms with Crippen molar-refractivity contribution in [1.29, 1.82) is 0 Å². The fourth-order valence-corrected chi connectivity index (χ4v) is 11.6. The molecule has 8 heteroatoms. The lowest BCUT2D eigenvalue weighted by Crippen LogP contribution is -2.66. The molecule has 0 aliphatic carbocycles. The maximum absolute atomic E-state index is 11.9. The van der Waals surface area contributed by atoms with Gasteiger partial charge in [-0.1, -0.05) is 157 Å². The van der Waals surface area contributed by atoms with E-state index in [1.807, 2.05) is 30.3 Å². The van der Waals surface area contributed by atoms with Crippen molar-refractivity contribution in [3.8, 4) is 0 Å². The molecular weight excluding hydrogens is 633 g/mol. The molecule has 3 aromatic rings. The number of carbonyl (C=O) groups excluding carboxylic acids is 1. The molecule has 0 bridgehead atoms. The van der Waals surface area contributed by atoms with Gasteiger partial charge in [-0.05, 0) is 33.4 Å². The lowest BCUT2D eigenvalue weighted by Gasteiger charge is -2.43. The van der Waals surface area contributed by atoms with Crippen LogP contribution in [0.2, 0.25) is 5.04 Å². The van der Waals surface area contributed by atoms with E-state index in [1.54, 1.807) is 0 Å². The van der Waals surface area contributed by atoms with Crippen LogP contribution in [0.3, 0.4) is 0 Å². The molecule has 0 aliphatic heterocycles. The molecule has 0 spiro atoms. The number of ether oxygens (including phenoxy) is 3. The van der Waals surface area contributed by atoms with E-state index in [0.29, 0.717) is 46.1 Å². The van der Waals surface area contributed by atoms with Gasteiger partial charge in [-0.25, -0.2) is 0 Å². The molecule has 0 atom stereocenters. The molecule has 0 aliphatic rings. The summed E-state index contributed by atoms with van der Waals surface area (Å²) in [5.41, 5.74) is 0. The van der Waals surface area contributed by atoms with Crippen molar-refractivity contribution < 1.29 is 27.9 Å². The molecule has 0 saturated carbocycles. The standard InChI is InChI=1S/C40H60O6Si2/c1-40(2,3)48(37-24-16-12-17-25-37,38-26-18-13-19-27-38)45-35-34-44-33-32-43-31-30-42-29-21-10-8-6-4-5-7-9-20-28-39(41)46-47-36-22-14-11-15-23-36/h11-19,22-27H,4-10,20-21,28-35,47H2,1-3H3. The highest BCUT2D eigenvalue weighted by molar-refractivity contribution is 6.99.